The van der Waals surface area contributed by atoms with Gasteiger partial charge in [0.15, 0.2) is 22.4 Å². The molecule has 3 aromatic heterocycles. The first-order valence-electron chi connectivity index (χ1n) is 16.0. The molecule has 2 aromatic carbocycles. The summed E-state index contributed by atoms with van der Waals surface area (Å²) in [5.74, 6) is -0.240. The number of ketones is 1. The van der Waals surface area contributed by atoms with E-state index in [1.807, 2.05) is 68.6 Å². The lowest BCUT2D eigenvalue weighted by Gasteiger charge is -2.24. The molecule has 4 heterocycles. The second-order valence-electron chi connectivity index (χ2n) is 11.4. The highest BCUT2D eigenvalue weighted by Gasteiger charge is 2.49. The summed E-state index contributed by atoms with van der Waals surface area (Å²) < 4.78 is 20.4. The molecule has 10 nitrogen and oxygen atoms in total. The average Bonchev–Trinajstić information content (AvgIpc) is 3.71. The summed E-state index contributed by atoms with van der Waals surface area (Å²) in [4.78, 5) is 38.8. The van der Waals surface area contributed by atoms with Crippen molar-refractivity contribution in [1.29, 1.82) is 0 Å². The van der Waals surface area contributed by atoms with Gasteiger partial charge in [-0.15, -0.1) is 0 Å². The Balaban J connectivity index is 1.53. The van der Waals surface area contributed by atoms with Crippen LogP contribution in [0.15, 0.2) is 60.3 Å². The Morgan fingerprint density at radius 3 is 2.49 bits per heavy atom. The maximum Gasteiger partial charge on any atom is 0.301 e. The van der Waals surface area contributed by atoms with Crippen molar-refractivity contribution in [3.63, 3.8) is 0 Å². The highest BCUT2D eigenvalue weighted by molar-refractivity contribution is 7.22. The fourth-order valence-electron chi connectivity index (χ4n) is 5.89. The van der Waals surface area contributed by atoms with Crippen LogP contribution in [0.2, 0.25) is 0 Å². The highest BCUT2D eigenvalue weighted by Crippen LogP contribution is 2.46. The molecule has 1 atom stereocenters. The Hall–Kier alpha value is -4.90. The summed E-state index contributed by atoms with van der Waals surface area (Å²) in [6, 6.07) is 13.7. The number of anilines is 1. The monoisotopic (exact) mass is 654 g/mol. The van der Waals surface area contributed by atoms with Crippen LogP contribution in [-0.4, -0.2) is 51.0 Å². The number of pyridine rings is 1. The lowest BCUT2D eigenvalue weighted by atomic mass is 9.96. The zero-order valence-electron chi connectivity index (χ0n) is 27.2. The van der Waals surface area contributed by atoms with Crippen LogP contribution in [0.4, 0.5) is 5.13 Å². The number of aryl methyl sites for hydroxylation is 2. The summed E-state index contributed by atoms with van der Waals surface area (Å²) in [5.41, 5.74) is 3.57. The molecule has 0 aliphatic carbocycles. The molecule has 0 saturated carbocycles. The predicted molar refractivity (Wildman–Crippen MR) is 183 cm³/mol. The first-order chi connectivity index (χ1) is 22.8. The minimum Gasteiger partial charge on any atom is -0.505 e. The van der Waals surface area contributed by atoms with Gasteiger partial charge < -0.3 is 23.7 Å². The SMILES string of the molecule is CCCCCOc1ccc(C2C(=C(O)c3nc4c(C)cccn4c3C)C(=O)C(=O)N2c2nc3ccc(OCC)cc3s2)cc1OCC. The van der Waals surface area contributed by atoms with E-state index >= 15 is 0 Å². The van der Waals surface area contributed by atoms with Crippen molar-refractivity contribution in [3.8, 4) is 17.2 Å². The van der Waals surface area contributed by atoms with Crippen molar-refractivity contribution < 1.29 is 28.9 Å². The normalized spacial score (nSPS) is 16.0. The lowest BCUT2D eigenvalue weighted by Crippen LogP contribution is -2.29. The molecule has 11 heteroatoms. The third-order valence-electron chi connectivity index (χ3n) is 8.21. The third kappa shape index (κ3) is 5.91. The number of unbranched alkanes of at least 4 members (excludes halogenated alkanes) is 2. The van der Waals surface area contributed by atoms with Crippen LogP contribution in [0.3, 0.4) is 0 Å². The molecule has 5 aromatic rings. The molecule has 1 amide bonds. The minimum atomic E-state index is -1.01. The summed E-state index contributed by atoms with van der Waals surface area (Å²) in [6.07, 6.45) is 4.88. The quantitative estimate of drug-likeness (QED) is 0.0635. The molecule has 0 spiro atoms. The van der Waals surface area contributed by atoms with Crippen LogP contribution in [0.25, 0.3) is 21.6 Å². The summed E-state index contributed by atoms with van der Waals surface area (Å²) in [7, 11) is 0. The van der Waals surface area contributed by atoms with Crippen LogP contribution in [0.1, 0.15) is 68.6 Å². The molecule has 0 bridgehead atoms. The van der Waals surface area contributed by atoms with Crippen LogP contribution in [-0.2, 0) is 9.59 Å². The number of imidazole rings is 1. The number of thiazole rings is 1. The Bertz CT molecular complexity index is 2010. The van der Waals surface area contributed by atoms with E-state index in [0.29, 0.717) is 64.6 Å². The average molecular weight is 655 g/mol. The number of amides is 1. The number of hydrogen-bond acceptors (Lipinski definition) is 9. The van der Waals surface area contributed by atoms with Crippen LogP contribution < -0.4 is 19.1 Å². The summed E-state index contributed by atoms with van der Waals surface area (Å²) >= 11 is 1.27. The number of aliphatic hydroxyl groups excluding tert-OH is 1. The van der Waals surface area contributed by atoms with Gasteiger partial charge in [0, 0.05) is 6.20 Å². The van der Waals surface area contributed by atoms with Gasteiger partial charge in [-0.3, -0.25) is 14.5 Å². The molecule has 1 aliphatic heterocycles. The van der Waals surface area contributed by atoms with Crippen molar-refractivity contribution in [2.75, 3.05) is 24.7 Å². The van der Waals surface area contributed by atoms with Crippen molar-refractivity contribution in [3.05, 3.63) is 82.8 Å². The van der Waals surface area contributed by atoms with Gasteiger partial charge in [-0.25, -0.2) is 9.97 Å². The van der Waals surface area contributed by atoms with Crippen LogP contribution in [0.5, 0.6) is 17.2 Å². The molecule has 47 heavy (non-hydrogen) atoms. The predicted octanol–water partition coefficient (Wildman–Crippen LogP) is 7.55. The van der Waals surface area contributed by atoms with E-state index in [2.05, 4.69) is 6.92 Å². The van der Waals surface area contributed by atoms with Gasteiger partial charge in [0.05, 0.1) is 47.3 Å². The van der Waals surface area contributed by atoms with Crippen molar-refractivity contribution in [2.24, 2.45) is 0 Å². The maximum atomic E-state index is 14.0. The number of aromatic nitrogens is 3. The second kappa shape index (κ2) is 13.4. The zero-order chi connectivity index (χ0) is 33.2. The molecule has 1 aliphatic rings. The number of rotatable bonds is 12. The van der Waals surface area contributed by atoms with Crippen LogP contribution >= 0.6 is 11.3 Å². The van der Waals surface area contributed by atoms with E-state index in [9.17, 15) is 14.7 Å². The smallest absolute Gasteiger partial charge is 0.301 e. The zero-order valence-corrected chi connectivity index (χ0v) is 28.0. The number of aliphatic hydroxyl groups is 1. The molecule has 0 radical (unpaired) electrons. The van der Waals surface area contributed by atoms with Gasteiger partial charge in [0.2, 0.25) is 0 Å². The van der Waals surface area contributed by atoms with Gasteiger partial charge in [0.25, 0.3) is 5.78 Å². The molecule has 244 valence electrons. The van der Waals surface area contributed by atoms with E-state index in [4.69, 9.17) is 24.2 Å². The lowest BCUT2D eigenvalue weighted by molar-refractivity contribution is -0.132. The Kier molecular flexibility index (Phi) is 9.17. The van der Waals surface area contributed by atoms with Crippen molar-refractivity contribution in [1.82, 2.24) is 14.4 Å². The molecular formula is C36H38N4O6S. The Morgan fingerprint density at radius 2 is 1.74 bits per heavy atom. The van der Waals surface area contributed by atoms with E-state index in [1.165, 1.54) is 16.2 Å². The first kappa shape index (κ1) is 32.1. The number of carbonyl (C=O) groups excluding carboxylic acids is 2. The minimum absolute atomic E-state index is 0.0764. The number of nitrogens with zero attached hydrogens (tertiary/aromatic N) is 4. The van der Waals surface area contributed by atoms with E-state index in [-0.39, 0.29) is 17.0 Å². The number of benzene rings is 2. The van der Waals surface area contributed by atoms with Gasteiger partial charge in [-0.1, -0.05) is 43.2 Å². The third-order valence-corrected chi connectivity index (χ3v) is 9.22. The molecule has 6 rings (SSSR count). The van der Waals surface area contributed by atoms with E-state index in [1.54, 1.807) is 18.2 Å². The topological polar surface area (TPSA) is 115 Å². The number of ether oxygens (including phenoxy) is 3. The van der Waals surface area contributed by atoms with E-state index < -0.39 is 17.7 Å². The number of Topliss-reactive ketones (excluding diaryl/α,β-unsaturated/α-hetero) is 1. The standard InChI is InChI=1S/C36H38N4O6S/c1-6-9-10-18-46-26-16-13-23(19-27(26)45-8-3)31-29(32(41)30-22(5)39-17-11-12-21(4)34(39)38-30)33(42)35(43)40(31)36-37-25-15-14-24(44-7-2)20-28(25)47-36/h11-17,19-20,31,41H,6-10,18H2,1-5H3. The largest absolute Gasteiger partial charge is 0.505 e. The highest BCUT2D eigenvalue weighted by atomic mass is 32.1. The molecule has 1 unspecified atom stereocenters. The molecular weight excluding hydrogens is 616 g/mol. The van der Waals surface area contributed by atoms with Gasteiger partial charge >= 0.3 is 5.91 Å². The first-order valence-corrected chi connectivity index (χ1v) is 16.8. The molecule has 1 saturated heterocycles. The fraction of sp³-hybridized carbons (Fsp3) is 0.333. The molecule has 1 N–H and O–H groups in total. The van der Waals surface area contributed by atoms with Gasteiger partial charge in [0.1, 0.15) is 17.1 Å². The fourth-order valence-corrected chi connectivity index (χ4v) is 6.91. The van der Waals surface area contributed by atoms with Gasteiger partial charge in [-0.2, -0.15) is 0 Å². The summed E-state index contributed by atoms with van der Waals surface area (Å²) in [5, 5.41) is 12.2. The Labute approximate surface area is 277 Å². The Morgan fingerprint density at radius 1 is 0.936 bits per heavy atom. The van der Waals surface area contributed by atoms with Crippen molar-refractivity contribution in [2.45, 2.75) is 59.9 Å². The maximum absolute atomic E-state index is 14.0. The molecule has 1 fully saturated rings. The van der Waals surface area contributed by atoms with Crippen molar-refractivity contribution >= 4 is 49.8 Å². The number of carbonyl (C=O) groups is 2. The van der Waals surface area contributed by atoms with E-state index in [0.717, 1.165) is 29.5 Å². The number of fused-ring (bicyclic) bond motifs is 2. The number of hydrogen-bond donors (Lipinski definition) is 1. The van der Waals surface area contributed by atoms with Gasteiger partial charge in [-0.05, 0) is 81.6 Å². The summed E-state index contributed by atoms with van der Waals surface area (Å²) in [6.45, 7) is 11.1. The van der Waals surface area contributed by atoms with Crippen LogP contribution in [0, 0.1) is 13.8 Å². The second-order valence-corrected chi connectivity index (χ2v) is 12.4.